The van der Waals surface area contributed by atoms with Crippen LogP contribution >= 0.6 is 11.6 Å². The van der Waals surface area contributed by atoms with Gasteiger partial charge in [0.2, 0.25) is 0 Å². The molecule has 1 N–H and O–H groups in total. The van der Waals surface area contributed by atoms with Crippen LogP contribution in [0.2, 0.25) is 5.02 Å². The maximum Gasteiger partial charge on any atom is 0.155 e. The van der Waals surface area contributed by atoms with Crippen LogP contribution in [0.4, 0.5) is 4.39 Å². The van der Waals surface area contributed by atoms with Crippen LogP contribution in [0, 0.1) is 0 Å². The number of nitrogens with one attached hydrogen (secondary N) is 1. The molecular weight excluding hydrogens is 375 g/mol. The number of rotatable bonds is 3. The summed E-state index contributed by atoms with van der Waals surface area (Å²) >= 11 is 6.05. The number of nitrogens with zero attached hydrogens (tertiary/aromatic N) is 3. The Morgan fingerprint density at radius 2 is 1.75 bits per heavy atom. The smallest absolute Gasteiger partial charge is 0.155 e. The molecule has 0 saturated carbocycles. The van der Waals surface area contributed by atoms with Crippen LogP contribution in [0.5, 0.6) is 0 Å². The SMILES string of the molecule is CN1CCC(F)(c2[nH]nc(-c3ccc(Cl)cc3)c2-c2ccncc2)CC1(C)C. The first-order valence-electron chi connectivity index (χ1n) is 9.45. The van der Waals surface area contributed by atoms with E-state index in [2.05, 4.69) is 41.0 Å². The van der Waals surface area contributed by atoms with Crippen molar-refractivity contribution in [2.24, 2.45) is 0 Å². The van der Waals surface area contributed by atoms with Crippen molar-refractivity contribution in [2.75, 3.05) is 13.6 Å². The van der Waals surface area contributed by atoms with Crippen molar-refractivity contribution in [3.05, 3.63) is 59.5 Å². The number of H-pyrrole nitrogens is 1. The van der Waals surface area contributed by atoms with E-state index in [4.69, 9.17) is 11.6 Å². The normalized spacial score (nSPS) is 22.3. The third-order valence-electron chi connectivity index (χ3n) is 5.89. The van der Waals surface area contributed by atoms with Gasteiger partial charge >= 0.3 is 0 Å². The van der Waals surface area contributed by atoms with Crippen molar-refractivity contribution >= 4 is 11.6 Å². The zero-order valence-electron chi connectivity index (χ0n) is 16.3. The maximum absolute atomic E-state index is 16.4. The molecule has 1 aromatic carbocycles. The van der Waals surface area contributed by atoms with Gasteiger partial charge in [0.25, 0.3) is 0 Å². The van der Waals surface area contributed by atoms with Gasteiger partial charge in [-0.15, -0.1) is 0 Å². The number of piperidine rings is 1. The van der Waals surface area contributed by atoms with E-state index in [9.17, 15) is 0 Å². The van der Waals surface area contributed by atoms with Gasteiger partial charge in [-0.1, -0.05) is 23.7 Å². The van der Waals surface area contributed by atoms with E-state index in [1.165, 1.54) is 0 Å². The second kappa shape index (κ2) is 6.98. The summed E-state index contributed by atoms with van der Waals surface area (Å²) in [6, 6.07) is 11.3. The fourth-order valence-electron chi connectivity index (χ4n) is 4.05. The van der Waals surface area contributed by atoms with Gasteiger partial charge in [-0.05, 0) is 57.1 Å². The zero-order valence-corrected chi connectivity index (χ0v) is 17.1. The van der Waals surface area contributed by atoms with Crippen molar-refractivity contribution in [2.45, 2.75) is 37.9 Å². The molecule has 2 aromatic heterocycles. The molecule has 0 aliphatic carbocycles. The second-order valence-corrected chi connectivity index (χ2v) is 8.63. The van der Waals surface area contributed by atoms with Gasteiger partial charge in [0.15, 0.2) is 5.67 Å². The fraction of sp³-hybridized carbons (Fsp3) is 0.364. The first-order chi connectivity index (χ1) is 13.3. The summed E-state index contributed by atoms with van der Waals surface area (Å²) in [6.07, 6.45) is 4.27. The van der Waals surface area contributed by atoms with E-state index < -0.39 is 5.67 Å². The van der Waals surface area contributed by atoms with E-state index in [-0.39, 0.29) is 5.54 Å². The number of aromatic amines is 1. The van der Waals surface area contributed by atoms with Crippen LogP contribution in [0.1, 0.15) is 32.4 Å². The minimum absolute atomic E-state index is 0.242. The topological polar surface area (TPSA) is 44.8 Å². The summed E-state index contributed by atoms with van der Waals surface area (Å²) in [6.45, 7) is 4.86. The van der Waals surface area contributed by atoms with Gasteiger partial charge in [-0.2, -0.15) is 5.10 Å². The predicted octanol–water partition coefficient (Wildman–Crippen LogP) is 5.46. The number of aromatic nitrogens is 3. The van der Waals surface area contributed by atoms with Crippen LogP contribution < -0.4 is 0 Å². The van der Waals surface area contributed by atoms with Crippen LogP contribution in [0.3, 0.4) is 0 Å². The monoisotopic (exact) mass is 398 g/mol. The average molecular weight is 399 g/mol. The van der Waals surface area contributed by atoms with Gasteiger partial charge in [0.05, 0.1) is 5.69 Å². The van der Waals surface area contributed by atoms with E-state index in [0.29, 0.717) is 30.1 Å². The summed E-state index contributed by atoms with van der Waals surface area (Å²) in [7, 11) is 2.05. The largest absolute Gasteiger partial charge is 0.301 e. The summed E-state index contributed by atoms with van der Waals surface area (Å²) in [5.74, 6) is 0. The molecule has 1 aliphatic rings. The lowest BCUT2D eigenvalue weighted by Crippen LogP contribution is -2.52. The Morgan fingerprint density at radius 3 is 2.39 bits per heavy atom. The third-order valence-corrected chi connectivity index (χ3v) is 6.14. The Hall–Kier alpha value is -2.24. The molecule has 1 unspecified atom stereocenters. The number of hydrogen-bond acceptors (Lipinski definition) is 3. The molecule has 0 radical (unpaired) electrons. The van der Waals surface area contributed by atoms with Crippen molar-refractivity contribution in [1.29, 1.82) is 0 Å². The van der Waals surface area contributed by atoms with E-state index in [0.717, 1.165) is 22.4 Å². The molecule has 1 aliphatic heterocycles. The van der Waals surface area contributed by atoms with Crippen LogP contribution in [0.25, 0.3) is 22.4 Å². The van der Waals surface area contributed by atoms with Crippen molar-refractivity contribution in [3.63, 3.8) is 0 Å². The molecule has 6 heteroatoms. The summed E-state index contributed by atoms with van der Waals surface area (Å²) in [5, 5.41) is 8.25. The van der Waals surface area contributed by atoms with E-state index >= 15 is 4.39 Å². The standard InChI is InChI=1S/C22H24ClFN4/c1-21(2)14-22(24,10-13-28(21)3)20-18(15-8-11-25-12-9-15)19(26-27-20)16-4-6-17(23)7-5-16/h4-9,11-12H,10,13-14H2,1-3H3,(H,26,27). The Morgan fingerprint density at radius 1 is 1.07 bits per heavy atom. The molecule has 0 spiro atoms. The quantitative estimate of drug-likeness (QED) is 0.637. The number of alkyl halides is 1. The Bertz CT molecular complexity index is 968. The van der Waals surface area contributed by atoms with E-state index in [1.54, 1.807) is 12.4 Å². The molecule has 3 aromatic rings. The van der Waals surface area contributed by atoms with Crippen molar-refractivity contribution < 1.29 is 4.39 Å². The molecular formula is C22H24ClFN4. The zero-order chi connectivity index (χ0) is 19.9. The summed E-state index contributed by atoms with van der Waals surface area (Å²) < 4.78 is 16.4. The molecule has 4 rings (SSSR count). The minimum Gasteiger partial charge on any atom is -0.301 e. The van der Waals surface area contributed by atoms with Gasteiger partial charge in [0, 0.05) is 47.0 Å². The Labute approximate surface area is 169 Å². The number of halogens is 2. The third kappa shape index (κ3) is 3.33. The maximum atomic E-state index is 16.4. The van der Waals surface area contributed by atoms with Crippen molar-refractivity contribution in [1.82, 2.24) is 20.1 Å². The molecule has 3 heterocycles. The number of benzene rings is 1. The average Bonchev–Trinajstić information content (AvgIpc) is 3.12. The molecule has 1 fully saturated rings. The van der Waals surface area contributed by atoms with Gasteiger partial charge in [-0.3, -0.25) is 10.1 Å². The van der Waals surface area contributed by atoms with Crippen LogP contribution in [-0.2, 0) is 5.67 Å². The van der Waals surface area contributed by atoms with Crippen molar-refractivity contribution in [3.8, 4) is 22.4 Å². The lowest BCUT2D eigenvalue weighted by atomic mass is 9.77. The number of likely N-dealkylation sites (tertiary alicyclic amines) is 1. The first-order valence-corrected chi connectivity index (χ1v) is 9.83. The molecule has 146 valence electrons. The van der Waals surface area contributed by atoms with Crippen LogP contribution in [0.15, 0.2) is 48.8 Å². The first kappa shape index (κ1) is 19.1. The Kier molecular flexibility index (Phi) is 4.76. The second-order valence-electron chi connectivity index (χ2n) is 8.19. The van der Waals surface area contributed by atoms with Gasteiger partial charge in [0.1, 0.15) is 5.69 Å². The van der Waals surface area contributed by atoms with Gasteiger partial charge in [-0.25, -0.2) is 4.39 Å². The molecule has 28 heavy (non-hydrogen) atoms. The lowest BCUT2D eigenvalue weighted by Gasteiger charge is -2.46. The van der Waals surface area contributed by atoms with Crippen LogP contribution in [-0.4, -0.2) is 39.2 Å². The summed E-state index contributed by atoms with van der Waals surface area (Å²) in [4.78, 5) is 6.33. The highest BCUT2D eigenvalue weighted by atomic mass is 35.5. The minimum atomic E-state index is -1.48. The number of hydrogen-bond donors (Lipinski definition) is 1. The molecule has 1 saturated heterocycles. The molecule has 0 bridgehead atoms. The molecule has 1 atom stereocenters. The highest BCUT2D eigenvalue weighted by Gasteiger charge is 2.47. The highest BCUT2D eigenvalue weighted by molar-refractivity contribution is 6.30. The van der Waals surface area contributed by atoms with E-state index in [1.807, 2.05) is 36.4 Å². The Balaban J connectivity index is 1.88. The number of pyridine rings is 1. The highest BCUT2D eigenvalue weighted by Crippen LogP contribution is 2.47. The lowest BCUT2D eigenvalue weighted by molar-refractivity contribution is -0.0161. The molecule has 0 amide bonds. The fourth-order valence-corrected chi connectivity index (χ4v) is 4.18. The van der Waals surface area contributed by atoms with Gasteiger partial charge < -0.3 is 4.90 Å². The predicted molar refractivity (Wildman–Crippen MR) is 111 cm³/mol. The summed E-state index contributed by atoms with van der Waals surface area (Å²) in [5.41, 5.74) is 2.15. The molecule has 4 nitrogen and oxygen atoms in total.